The van der Waals surface area contributed by atoms with Gasteiger partial charge in [-0.25, -0.2) is 4.79 Å². The third-order valence-corrected chi connectivity index (χ3v) is 1.17. The van der Waals surface area contributed by atoms with E-state index in [0.29, 0.717) is 0 Å². The molecule has 0 aliphatic carbocycles. The lowest BCUT2D eigenvalue weighted by molar-refractivity contribution is -0.133. The molecule has 0 fully saturated rings. The van der Waals surface area contributed by atoms with E-state index in [-0.39, 0.29) is 17.8 Å². The average molecular weight is 146 g/mol. The Morgan fingerprint density at radius 2 is 1.80 bits per heavy atom. The van der Waals surface area contributed by atoms with Gasteiger partial charge in [0, 0.05) is 0 Å². The molecule has 0 atom stereocenters. The zero-order valence-corrected chi connectivity index (χ0v) is 5.66. The van der Waals surface area contributed by atoms with Crippen LogP contribution in [-0.2, 0) is 4.79 Å². The number of aliphatic carboxylic acids is 1. The average Bonchev–Trinajstić information content (AvgIpc) is 1.88. The molecule has 0 aromatic carbocycles. The molecule has 0 radical (unpaired) electrons. The first-order chi connectivity index (χ1) is 4.63. The highest BCUT2D eigenvalue weighted by Crippen LogP contribution is 2.01. The number of hydrogen-bond donors (Lipinski definition) is 3. The summed E-state index contributed by atoms with van der Waals surface area (Å²) in [6.45, 7) is 0.587. The number of carbonyl (C=O) groups is 1. The third-order valence-electron chi connectivity index (χ3n) is 1.17. The molecule has 0 bridgehead atoms. The maximum atomic E-state index is 10.2. The molecule has 0 aliphatic heterocycles. The smallest absolute Gasteiger partial charge is 0.333 e. The second-order valence-electron chi connectivity index (χ2n) is 1.88. The van der Waals surface area contributed by atoms with E-state index in [1.54, 1.807) is 0 Å². The molecule has 0 rings (SSSR count). The van der Waals surface area contributed by atoms with Crippen molar-refractivity contribution in [2.75, 3.05) is 13.2 Å². The van der Waals surface area contributed by atoms with E-state index < -0.39 is 12.6 Å². The Kier molecular flexibility index (Phi) is 3.68. The zero-order valence-electron chi connectivity index (χ0n) is 5.66. The van der Waals surface area contributed by atoms with Crippen LogP contribution in [-0.4, -0.2) is 34.5 Å². The van der Waals surface area contributed by atoms with Gasteiger partial charge in [0.05, 0.1) is 18.8 Å². The van der Waals surface area contributed by atoms with Gasteiger partial charge in [-0.05, 0) is 12.5 Å². The fourth-order valence-corrected chi connectivity index (χ4v) is 0.481. The van der Waals surface area contributed by atoms with E-state index in [4.69, 9.17) is 15.3 Å². The second-order valence-corrected chi connectivity index (χ2v) is 1.88. The van der Waals surface area contributed by atoms with Gasteiger partial charge in [-0.3, -0.25) is 0 Å². The van der Waals surface area contributed by atoms with Crippen molar-refractivity contribution in [2.45, 2.75) is 6.92 Å². The summed E-state index contributed by atoms with van der Waals surface area (Å²) in [4.78, 5) is 10.2. The van der Waals surface area contributed by atoms with E-state index in [2.05, 4.69) is 0 Å². The van der Waals surface area contributed by atoms with Crippen LogP contribution in [0.4, 0.5) is 0 Å². The second kappa shape index (κ2) is 4.03. The molecular weight excluding hydrogens is 136 g/mol. The minimum Gasteiger partial charge on any atom is -0.478 e. The Morgan fingerprint density at radius 3 is 1.90 bits per heavy atom. The Hall–Kier alpha value is -0.870. The molecule has 0 heterocycles. The molecule has 58 valence electrons. The first kappa shape index (κ1) is 9.13. The van der Waals surface area contributed by atoms with Gasteiger partial charge in [-0.1, -0.05) is 0 Å². The summed E-state index contributed by atoms with van der Waals surface area (Å²) in [5.74, 6) is -1.19. The van der Waals surface area contributed by atoms with E-state index in [9.17, 15) is 4.79 Å². The molecule has 10 heavy (non-hydrogen) atoms. The van der Waals surface area contributed by atoms with Crippen LogP contribution in [0.25, 0.3) is 0 Å². The lowest BCUT2D eigenvalue weighted by atomic mass is 10.1. The van der Waals surface area contributed by atoms with Crippen LogP contribution in [0.5, 0.6) is 0 Å². The summed E-state index contributed by atoms with van der Waals surface area (Å²) in [6.07, 6.45) is 0. The van der Waals surface area contributed by atoms with Gasteiger partial charge < -0.3 is 15.3 Å². The predicted octanol–water partition coefficient (Wildman–Crippen LogP) is -0.628. The molecule has 0 aromatic rings. The summed E-state index contributed by atoms with van der Waals surface area (Å²) in [7, 11) is 0. The third kappa shape index (κ3) is 2.16. The van der Waals surface area contributed by atoms with Crippen molar-refractivity contribution in [1.82, 2.24) is 0 Å². The van der Waals surface area contributed by atoms with E-state index in [1.807, 2.05) is 0 Å². The minimum atomic E-state index is -1.19. The topological polar surface area (TPSA) is 77.8 Å². The largest absolute Gasteiger partial charge is 0.478 e. The normalized spacial score (nSPS) is 12.7. The zero-order chi connectivity index (χ0) is 8.15. The summed E-state index contributed by atoms with van der Waals surface area (Å²) < 4.78 is 0. The van der Waals surface area contributed by atoms with Crippen LogP contribution in [0.3, 0.4) is 0 Å². The summed E-state index contributed by atoms with van der Waals surface area (Å²) >= 11 is 0. The van der Waals surface area contributed by atoms with Crippen LogP contribution >= 0.6 is 0 Å². The van der Waals surface area contributed by atoms with Crippen LogP contribution in [0.1, 0.15) is 6.92 Å². The highest BCUT2D eigenvalue weighted by molar-refractivity contribution is 5.87. The van der Waals surface area contributed by atoms with Crippen LogP contribution in [0.15, 0.2) is 11.1 Å². The molecule has 4 heteroatoms. The molecule has 0 spiro atoms. The monoisotopic (exact) mass is 146 g/mol. The number of hydrogen-bond acceptors (Lipinski definition) is 3. The lowest BCUT2D eigenvalue weighted by Gasteiger charge is -2.00. The van der Waals surface area contributed by atoms with E-state index >= 15 is 0 Å². The van der Waals surface area contributed by atoms with Crippen LogP contribution < -0.4 is 0 Å². The Balaban J connectivity index is 4.45. The maximum Gasteiger partial charge on any atom is 0.333 e. The fourth-order valence-electron chi connectivity index (χ4n) is 0.481. The van der Waals surface area contributed by atoms with Crippen molar-refractivity contribution < 1.29 is 20.1 Å². The van der Waals surface area contributed by atoms with Crippen molar-refractivity contribution in [3.63, 3.8) is 0 Å². The van der Waals surface area contributed by atoms with Crippen molar-refractivity contribution in [2.24, 2.45) is 0 Å². The predicted molar refractivity (Wildman–Crippen MR) is 34.5 cm³/mol. The van der Waals surface area contributed by atoms with Crippen molar-refractivity contribution in [3.05, 3.63) is 11.1 Å². The summed E-state index contributed by atoms with van der Waals surface area (Å²) in [5, 5.41) is 25.2. The SMILES string of the molecule is C/C(CO)=C(\CO)C(=O)O. The first-order valence-corrected chi connectivity index (χ1v) is 2.77. The Morgan fingerprint density at radius 1 is 1.30 bits per heavy atom. The summed E-state index contributed by atoms with van der Waals surface area (Å²) in [6, 6.07) is 0. The molecule has 0 saturated carbocycles. The Bertz CT molecular complexity index is 159. The molecule has 0 saturated heterocycles. The van der Waals surface area contributed by atoms with Gasteiger partial charge in [0.1, 0.15) is 0 Å². The van der Waals surface area contributed by atoms with E-state index in [0.717, 1.165) is 0 Å². The Labute approximate surface area is 58.4 Å². The van der Waals surface area contributed by atoms with Crippen LogP contribution in [0.2, 0.25) is 0 Å². The first-order valence-electron chi connectivity index (χ1n) is 2.77. The van der Waals surface area contributed by atoms with Gasteiger partial charge in [0.15, 0.2) is 0 Å². The van der Waals surface area contributed by atoms with Gasteiger partial charge in [0.25, 0.3) is 0 Å². The number of carboxylic acid groups (broad SMARTS) is 1. The molecule has 0 aliphatic rings. The molecule has 3 N–H and O–H groups in total. The maximum absolute atomic E-state index is 10.2. The molecule has 0 aromatic heterocycles. The number of aliphatic hydroxyl groups excluding tert-OH is 2. The van der Waals surface area contributed by atoms with Gasteiger partial charge in [-0.2, -0.15) is 0 Å². The van der Waals surface area contributed by atoms with Gasteiger partial charge in [-0.15, -0.1) is 0 Å². The van der Waals surface area contributed by atoms with Gasteiger partial charge >= 0.3 is 5.97 Å². The standard InChI is InChI=1S/C6H10O4/c1-4(2-7)5(3-8)6(9)10/h7-8H,2-3H2,1H3,(H,9,10)/b5-4-. The van der Waals surface area contributed by atoms with Crippen molar-refractivity contribution >= 4 is 5.97 Å². The highest BCUT2D eigenvalue weighted by atomic mass is 16.4. The van der Waals surface area contributed by atoms with Crippen LogP contribution in [0, 0.1) is 0 Å². The molecule has 4 nitrogen and oxygen atoms in total. The van der Waals surface area contributed by atoms with Crippen molar-refractivity contribution in [1.29, 1.82) is 0 Å². The molecule has 0 unspecified atom stereocenters. The molecule has 0 amide bonds. The number of rotatable bonds is 3. The number of carboxylic acids is 1. The minimum absolute atomic E-state index is 0.137. The summed E-state index contributed by atoms with van der Waals surface area (Å²) in [5.41, 5.74) is 0.150. The quantitative estimate of drug-likeness (QED) is 0.463. The van der Waals surface area contributed by atoms with Gasteiger partial charge in [0.2, 0.25) is 0 Å². The van der Waals surface area contributed by atoms with Crippen molar-refractivity contribution in [3.8, 4) is 0 Å². The lowest BCUT2D eigenvalue weighted by Crippen LogP contribution is -2.09. The molecular formula is C6H10O4. The highest BCUT2D eigenvalue weighted by Gasteiger charge is 2.08. The fraction of sp³-hybridized carbons (Fsp3) is 0.500. The number of aliphatic hydroxyl groups is 2. The van der Waals surface area contributed by atoms with E-state index in [1.165, 1.54) is 6.92 Å².